The molecule has 3 fully saturated rings. The second kappa shape index (κ2) is 7.10. The van der Waals surface area contributed by atoms with Crippen LogP contribution in [-0.2, 0) is 4.79 Å². The van der Waals surface area contributed by atoms with Crippen LogP contribution in [-0.4, -0.2) is 71.0 Å². The molecule has 0 aromatic carbocycles. The first kappa shape index (κ1) is 17.2. The minimum absolute atomic E-state index is 0.358. The van der Waals surface area contributed by atoms with Gasteiger partial charge in [0.15, 0.2) is 0 Å². The maximum absolute atomic E-state index is 12.7. The molecule has 3 aliphatic rings. The van der Waals surface area contributed by atoms with Crippen LogP contribution in [0, 0.1) is 5.92 Å². The van der Waals surface area contributed by atoms with Crippen molar-refractivity contribution in [1.82, 2.24) is 14.7 Å². The Bertz CT molecular complexity index is 425. The van der Waals surface area contributed by atoms with Gasteiger partial charge in [0.1, 0.15) is 0 Å². The van der Waals surface area contributed by atoms with E-state index in [1.165, 1.54) is 25.8 Å². The molecule has 0 spiro atoms. The third-order valence-electron chi connectivity index (χ3n) is 6.50. The number of nitrogens with zero attached hydrogens (tertiary/aromatic N) is 3. The fraction of sp³-hybridized carbons (Fsp3) is 0.947. The molecule has 3 unspecified atom stereocenters. The number of hydrogen-bond donors (Lipinski definition) is 0. The van der Waals surface area contributed by atoms with Crippen molar-refractivity contribution in [3.63, 3.8) is 0 Å². The maximum Gasteiger partial charge on any atom is 0.222 e. The Hall–Kier alpha value is -0.610. The Kier molecular flexibility index (Phi) is 5.32. The summed E-state index contributed by atoms with van der Waals surface area (Å²) in [5, 5.41) is 0. The van der Waals surface area contributed by atoms with E-state index in [0.29, 0.717) is 24.0 Å². The van der Waals surface area contributed by atoms with Crippen molar-refractivity contribution in [2.75, 3.05) is 26.2 Å². The summed E-state index contributed by atoms with van der Waals surface area (Å²) in [6, 6.07) is 2.33. The van der Waals surface area contributed by atoms with E-state index in [-0.39, 0.29) is 0 Å². The van der Waals surface area contributed by atoms with Crippen LogP contribution in [0.1, 0.15) is 59.8 Å². The molecule has 0 aromatic rings. The normalized spacial score (nSPS) is 33.6. The van der Waals surface area contributed by atoms with Gasteiger partial charge < -0.3 is 4.90 Å². The number of likely N-dealkylation sites (tertiary alicyclic amines) is 1. The standard InChI is InChI=1S/C19H35N3O/c1-14(2)20-9-10-21(16(4)12-20)19(23)8-5-15(3)22-13-17-6-7-18(22)11-17/h14-18H,5-13H2,1-4H3/t15?,16?,17-,18?/m1/s1. The predicted octanol–water partition coefficient (Wildman–Crippen LogP) is 2.58. The molecular weight excluding hydrogens is 286 g/mol. The lowest BCUT2D eigenvalue weighted by atomic mass is 10.0. The fourth-order valence-corrected chi connectivity index (χ4v) is 4.97. The van der Waals surface area contributed by atoms with Gasteiger partial charge >= 0.3 is 0 Å². The average Bonchev–Trinajstić information content (AvgIpc) is 3.15. The summed E-state index contributed by atoms with van der Waals surface area (Å²) in [5.41, 5.74) is 0. The minimum atomic E-state index is 0.358. The summed E-state index contributed by atoms with van der Waals surface area (Å²) in [7, 11) is 0. The van der Waals surface area contributed by atoms with Crippen molar-refractivity contribution in [3.8, 4) is 0 Å². The first-order valence-corrected chi connectivity index (χ1v) is 9.75. The van der Waals surface area contributed by atoms with Crippen molar-refractivity contribution in [1.29, 1.82) is 0 Å². The molecular formula is C19H35N3O. The highest BCUT2D eigenvalue weighted by atomic mass is 16.2. The molecule has 0 radical (unpaired) electrons. The van der Waals surface area contributed by atoms with E-state index in [2.05, 4.69) is 42.4 Å². The summed E-state index contributed by atoms with van der Waals surface area (Å²) in [4.78, 5) is 19.9. The summed E-state index contributed by atoms with van der Waals surface area (Å²) in [5.74, 6) is 1.32. The molecule has 4 heteroatoms. The minimum Gasteiger partial charge on any atom is -0.337 e. The fourth-order valence-electron chi connectivity index (χ4n) is 4.97. The number of rotatable bonds is 5. The second-order valence-corrected chi connectivity index (χ2v) is 8.44. The highest BCUT2D eigenvalue weighted by Crippen LogP contribution is 2.39. The molecule has 1 aliphatic carbocycles. The number of piperidine rings is 1. The molecule has 2 heterocycles. The number of carbonyl (C=O) groups is 1. The Morgan fingerprint density at radius 2 is 1.91 bits per heavy atom. The van der Waals surface area contributed by atoms with Crippen molar-refractivity contribution >= 4 is 5.91 Å². The number of hydrogen-bond acceptors (Lipinski definition) is 3. The summed E-state index contributed by atoms with van der Waals surface area (Å²) < 4.78 is 0. The molecule has 1 saturated carbocycles. The SMILES string of the molecule is CC(C)N1CCN(C(=O)CCC(C)N2C[C@@H]3CCC2C3)C(C)C1. The molecule has 2 bridgehead atoms. The number of fused-ring (bicyclic) bond motifs is 2. The smallest absolute Gasteiger partial charge is 0.222 e. The lowest BCUT2D eigenvalue weighted by molar-refractivity contribution is -0.136. The van der Waals surface area contributed by atoms with E-state index in [1.807, 2.05) is 0 Å². The Balaban J connectivity index is 1.44. The third kappa shape index (κ3) is 3.74. The third-order valence-corrected chi connectivity index (χ3v) is 6.50. The quantitative estimate of drug-likeness (QED) is 0.779. The van der Waals surface area contributed by atoms with Gasteiger partial charge in [0, 0.05) is 56.8 Å². The summed E-state index contributed by atoms with van der Waals surface area (Å²) >= 11 is 0. The van der Waals surface area contributed by atoms with Crippen LogP contribution in [0.3, 0.4) is 0 Å². The van der Waals surface area contributed by atoms with Crippen LogP contribution < -0.4 is 0 Å². The molecule has 23 heavy (non-hydrogen) atoms. The number of piperazine rings is 1. The summed E-state index contributed by atoms with van der Waals surface area (Å²) in [6.07, 6.45) is 5.98. The van der Waals surface area contributed by atoms with Crippen LogP contribution in [0.25, 0.3) is 0 Å². The largest absolute Gasteiger partial charge is 0.337 e. The topological polar surface area (TPSA) is 26.8 Å². The lowest BCUT2D eigenvalue weighted by Crippen LogP contribution is -2.55. The van der Waals surface area contributed by atoms with E-state index in [1.54, 1.807) is 0 Å². The van der Waals surface area contributed by atoms with E-state index in [4.69, 9.17) is 0 Å². The van der Waals surface area contributed by atoms with E-state index < -0.39 is 0 Å². The van der Waals surface area contributed by atoms with Gasteiger partial charge in [-0.3, -0.25) is 14.6 Å². The Morgan fingerprint density at radius 1 is 1.13 bits per heavy atom. The Labute approximate surface area is 142 Å². The first-order chi connectivity index (χ1) is 11.0. The van der Waals surface area contributed by atoms with Crippen molar-refractivity contribution in [3.05, 3.63) is 0 Å². The van der Waals surface area contributed by atoms with Crippen LogP contribution >= 0.6 is 0 Å². The van der Waals surface area contributed by atoms with Gasteiger partial charge in [-0.05, 0) is 59.3 Å². The van der Waals surface area contributed by atoms with Crippen LogP contribution in [0.15, 0.2) is 0 Å². The van der Waals surface area contributed by atoms with Crippen molar-refractivity contribution in [2.24, 2.45) is 5.92 Å². The van der Waals surface area contributed by atoms with Crippen LogP contribution in [0.2, 0.25) is 0 Å². The average molecular weight is 322 g/mol. The monoisotopic (exact) mass is 321 g/mol. The maximum atomic E-state index is 12.7. The van der Waals surface area contributed by atoms with Crippen molar-refractivity contribution in [2.45, 2.75) is 84.0 Å². The van der Waals surface area contributed by atoms with Gasteiger partial charge in [0.2, 0.25) is 5.91 Å². The molecule has 3 rings (SSSR count). The molecule has 4 nitrogen and oxygen atoms in total. The number of amides is 1. The molecule has 4 atom stereocenters. The van der Waals surface area contributed by atoms with Gasteiger partial charge in [-0.15, -0.1) is 0 Å². The highest BCUT2D eigenvalue weighted by molar-refractivity contribution is 5.76. The van der Waals surface area contributed by atoms with Gasteiger partial charge in [0.25, 0.3) is 0 Å². The van der Waals surface area contributed by atoms with E-state index >= 15 is 0 Å². The van der Waals surface area contributed by atoms with Crippen LogP contribution in [0.4, 0.5) is 0 Å². The highest BCUT2D eigenvalue weighted by Gasteiger charge is 2.39. The van der Waals surface area contributed by atoms with Crippen molar-refractivity contribution < 1.29 is 4.79 Å². The predicted molar refractivity (Wildman–Crippen MR) is 94.4 cm³/mol. The molecule has 0 N–H and O–H groups in total. The molecule has 132 valence electrons. The van der Waals surface area contributed by atoms with E-state index in [9.17, 15) is 4.79 Å². The van der Waals surface area contributed by atoms with Crippen LogP contribution in [0.5, 0.6) is 0 Å². The van der Waals surface area contributed by atoms with Gasteiger partial charge in [-0.25, -0.2) is 0 Å². The zero-order valence-electron chi connectivity index (χ0n) is 15.5. The zero-order valence-corrected chi connectivity index (χ0v) is 15.5. The summed E-state index contributed by atoms with van der Waals surface area (Å²) in [6.45, 7) is 13.3. The number of carbonyl (C=O) groups excluding carboxylic acids is 1. The molecule has 2 aliphatic heterocycles. The molecule has 1 amide bonds. The van der Waals surface area contributed by atoms with E-state index in [0.717, 1.165) is 44.4 Å². The first-order valence-electron chi connectivity index (χ1n) is 9.75. The molecule has 0 aromatic heterocycles. The zero-order chi connectivity index (χ0) is 16.6. The lowest BCUT2D eigenvalue weighted by Gasteiger charge is -2.42. The van der Waals surface area contributed by atoms with Gasteiger partial charge in [-0.2, -0.15) is 0 Å². The van der Waals surface area contributed by atoms with Gasteiger partial charge in [-0.1, -0.05) is 0 Å². The van der Waals surface area contributed by atoms with Gasteiger partial charge in [0.05, 0.1) is 0 Å². The molecule has 2 saturated heterocycles. The Morgan fingerprint density at radius 3 is 2.48 bits per heavy atom. The second-order valence-electron chi connectivity index (χ2n) is 8.44.